The third-order valence-electron chi connectivity index (χ3n) is 4.20. The summed E-state index contributed by atoms with van der Waals surface area (Å²) in [6.45, 7) is 2.73. The number of unbranched alkanes of at least 4 members (excludes halogenated alkanes) is 1. The van der Waals surface area contributed by atoms with E-state index in [4.69, 9.17) is 4.74 Å². The SMILES string of the molecule is CCCCN1C(=O)COc2ccc(NC(=O)Cc3ccc(F)cc3)cc21. The fourth-order valence-corrected chi connectivity index (χ4v) is 2.83. The molecule has 0 fully saturated rings. The lowest BCUT2D eigenvalue weighted by Gasteiger charge is -2.29. The van der Waals surface area contributed by atoms with Gasteiger partial charge in [-0.3, -0.25) is 9.59 Å². The highest BCUT2D eigenvalue weighted by Crippen LogP contribution is 2.34. The standard InChI is InChI=1S/C20H21FN2O3/c1-2-3-10-23-17-12-16(8-9-18(17)26-13-20(23)25)22-19(24)11-14-4-6-15(21)7-5-14/h4-9,12H,2-3,10-11,13H2,1H3,(H,22,24). The Hall–Kier alpha value is -2.89. The molecule has 1 N–H and O–H groups in total. The summed E-state index contributed by atoms with van der Waals surface area (Å²) in [7, 11) is 0. The zero-order chi connectivity index (χ0) is 18.5. The van der Waals surface area contributed by atoms with Gasteiger partial charge in [0.15, 0.2) is 6.61 Å². The highest BCUT2D eigenvalue weighted by atomic mass is 19.1. The fourth-order valence-electron chi connectivity index (χ4n) is 2.83. The number of anilines is 2. The van der Waals surface area contributed by atoms with Crippen molar-refractivity contribution in [3.05, 3.63) is 53.8 Å². The Morgan fingerprint density at radius 1 is 1.23 bits per heavy atom. The predicted octanol–water partition coefficient (Wildman–Crippen LogP) is 3.53. The Bertz CT molecular complexity index is 805. The number of rotatable bonds is 6. The van der Waals surface area contributed by atoms with Gasteiger partial charge in [0, 0.05) is 12.2 Å². The molecule has 1 aliphatic rings. The molecule has 0 saturated carbocycles. The number of hydrogen-bond donors (Lipinski definition) is 1. The van der Waals surface area contributed by atoms with Gasteiger partial charge in [0.1, 0.15) is 11.6 Å². The number of carbonyl (C=O) groups excluding carboxylic acids is 2. The van der Waals surface area contributed by atoms with Crippen molar-refractivity contribution in [3.63, 3.8) is 0 Å². The number of nitrogens with zero attached hydrogens (tertiary/aromatic N) is 1. The highest BCUT2D eigenvalue weighted by Gasteiger charge is 2.25. The molecule has 6 heteroatoms. The van der Waals surface area contributed by atoms with Crippen LogP contribution in [-0.2, 0) is 16.0 Å². The second-order valence-electron chi connectivity index (χ2n) is 6.22. The van der Waals surface area contributed by atoms with E-state index in [2.05, 4.69) is 12.2 Å². The molecule has 5 nitrogen and oxygen atoms in total. The average molecular weight is 356 g/mol. The van der Waals surface area contributed by atoms with Crippen molar-refractivity contribution in [2.45, 2.75) is 26.2 Å². The molecule has 2 amide bonds. The molecule has 2 aromatic carbocycles. The molecule has 0 spiro atoms. The molecule has 1 aliphatic heterocycles. The Kier molecular flexibility index (Phi) is 5.51. The lowest BCUT2D eigenvalue weighted by molar-refractivity contribution is -0.121. The van der Waals surface area contributed by atoms with Crippen LogP contribution in [0, 0.1) is 5.82 Å². The minimum atomic E-state index is -0.333. The maximum absolute atomic E-state index is 12.9. The van der Waals surface area contributed by atoms with E-state index in [1.54, 1.807) is 35.2 Å². The number of amides is 2. The van der Waals surface area contributed by atoms with Crippen molar-refractivity contribution < 1.29 is 18.7 Å². The van der Waals surface area contributed by atoms with Crippen molar-refractivity contribution in [2.24, 2.45) is 0 Å². The molecular weight excluding hydrogens is 335 g/mol. The highest BCUT2D eigenvalue weighted by molar-refractivity contribution is 5.99. The first-order valence-electron chi connectivity index (χ1n) is 8.68. The molecule has 0 atom stereocenters. The zero-order valence-corrected chi connectivity index (χ0v) is 14.6. The van der Waals surface area contributed by atoms with E-state index in [9.17, 15) is 14.0 Å². The van der Waals surface area contributed by atoms with Gasteiger partial charge in [-0.25, -0.2) is 4.39 Å². The van der Waals surface area contributed by atoms with Gasteiger partial charge in [-0.2, -0.15) is 0 Å². The number of nitrogens with one attached hydrogen (secondary N) is 1. The van der Waals surface area contributed by atoms with Crippen LogP contribution in [0.5, 0.6) is 5.75 Å². The molecule has 0 aromatic heterocycles. The Morgan fingerprint density at radius 3 is 2.73 bits per heavy atom. The summed E-state index contributed by atoms with van der Waals surface area (Å²) < 4.78 is 18.4. The van der Waals surface area contributed by atoms with E-state index in [1.165, 1.54) is 12.1 Å². The van der Waals surface area contributed by atoms with Gasteiger partial charge in [0.25, 0.3) is 5.91 Å². The number of benzene rings is 2. The second-order valence-corrected chi connectivity index (χ2v) is 6.22. The van der Waals surface area contributed by atoms with Crippen LogP contribution in [0.4, 0.5) is 15.8 Å². The van der Waals surface area contributed by atoms with Gasteiger partial charge < -0.3 is 15.0 Å². The van der Waals surface area contributed by atoms with Crippen LogP contribution < -0.4 is 15.0 Å². The van der Waals surface area contributed by atoms with E-state index in [0.29, 0.717) is 23.7 Å². The average Bonchev–Trinajstić information content (AvgIpc) is 2.63. The second kappa shape index (κ2) is 7.99. The summed E-state index contributed by atoms with van der Waals surface area (Å²) in [4.78, 5) is 26.1. The summed E-state index contributed by atoms with van der Waals surface area (Å²) in [6, 6.07) is 11.1. The van der Waals surface area contributed by atoms with Crippen LogP contribution in [-0.4, -0.2) is 25.0 Å². The number of carbonyl (C=O) groups is 2. The van der Waals surface area contributed by atoms with Crippen LogP contribution in [0.2, 0.25) is 0 Å². The molecule has 26 heavy (non-hydrogen) atoms. The fraction of sp³-hybridized carbons (Fsp3) is 0.300. The van der Waals surface area contributed by atoms with Crippen molar-refractivity contribution in [1.29, 1.82) is 0 Å². The molecule has 3 rings (SSSR count). The molecule has 1 heterocycles. The molecule has 136 valence electrons. The van der Waals surface area contributed by atoms with Crippen LogP contribution in [0.3, 0.4) is 0 Å². The number of hydrogen-bond acceptors (Lipinski definition) is 3. The van der Waals surface area contributed by atoms with Crippen LogP contribution >= 0.6 is 0 Å². The first-order chi connectivity index (χ1) is 12.6. The lowest BCUT2D eigenvalue weighted by Crippen LogP contribution is -2.39. The maximum atomic E-state index is 12.9. The smallest absolute Gasteiger partial charge is 0.265 e. The molecule has 0 unspecified atom stereocenters. The van der Waals surface area contributed by atoms with E-state index >= 15 is 0 Å². The van der Waals surface area contributed by atoms with Crippen LogP contribution in [0.15, 0.2) is 42.5 Å². The van der Waals surface area contributed by atoms with Gasteiger partial charge in [-0.05, 0) is 42.3 Å². The molecule has 2 aromatic rings. The molecule has 0 saturated heterocycles. The van der Waals surface area contributed by atoms with E-state index in [-0.39, 0.29) is 30.7 Å². The summed E-state index contributed by atoms with van der Waals surface area (Å²) in [5, 5.41) is 2.82. The Balaban J connectivity index is 1.73. The normalized spacial score (nSPS) is 13.2. The largest absolute Gasteiger partial charge is 0.482 e. The molecule has 0 radical (unpaired) electrons. The zero-order valence-electron chi connectivity index (χ0n) is 14.6. The van der Waals surface area contributed by atoms with Crippen LogP contribution in [0.25, 0.3) is 0 Å². The van der Waals surface area contributed by atoms with Gasteiger partial charge in [0.05, 0.1) is 12.1 Å². The number of ether oxygens (including phenoxy) is 1. The minimum absolute atomic E-state index is 0.0347. The van der Waals surface area contributed by atoms with Gasteiger partial charge in [-0.1, -0.05) is 25.5 Å². The molecule has 0 aliphatic carbocycles. The summed E-state index contributed by atoms with van der Waals surface area (Å²) in [5.41, 5.74) is 2.00. The van der Waals surface area contributed by atoms with Gasteiger partial charge in [0.2, 0.25) is 5.91 Å². The monoisotopic (exact) mass is 356 g/mol. The van der Waals surface area contributed by atoms with Crippen LogP contribution in [0.1, 0.15) is 25.3 Å². The third-order valence-corrected chi connectivity index (χ3v) is 4.20. The third kappa shape index (κ3) is 4.20. The summed E-state index contributed by atoms with van der Waals surface area (Å²) >= 11 is 0. The summed E-state index contributed by atoms with van der Waals surface area (Å²) in [6.07, 6.45) is 2.02. The Labute approximate surface area is 151 Å². The number of halogens is 1. The van der Waals surface area contributed by atoms with Gasteiger partial charge in [-0.15, -0.1) is 0 Å². The maximum Gasteiger partial charge on any atom is 0.265 e. The first kappa shape index (κ1) is 17.9. The van der Waals surface area contributed by atoms with Crippen molar-refractivity contribution in [2.75, 3.05) is 23.4 Å². The lowest BCUT2D eigenvalue weighted by atomic mass is 10.1. The number of fused-ring (bicyclic) bond motifs is 1. The molecule has 0 bridgehead atoms. The van der Waals surface area contributed by atoms with E-state index < -0.39 is 0 Å². The topological polar surface area (TPSA) is 58.6 Å². The van der Waals surface area contributed by atoms with E-state index in [0.717, 1.165) is 18.4 Å². The van der Waals surface area contributed by atoms with Crippen molar-refractivity contribution in [3.8, 4) is 5.75 Å². The minimum Gasteiger partial charge on any atom is -0.482 e. The Morgan fingerprint density at radius 2 is 2.00 bits per heavy atom. The van der Waals surface area contributed by atoms with E-state index in [1.807, 2.05) is 0 Å². The molecular formula is C20H21FN2O3. The van der Waals surface area contributed by atoms with Crippen molar-refractivity contribution in [1.82, 2.24) is 0 Å². The van der Waals surface area contributed by atoms with Gasteiger partial charge >= 0.3 is 0 Å². The summed E-state index contributed by atoms with van der Waals surface area (Å²) in [5.74, 6) is 0.0124. The first-order valence-corrected chi connectivity index (χ1v) is 8.68. The quantitative estimate of drug-likeness (QED) is 0.861. The van der Waals surface area contributed by atoms with Crippen molar-refractivity contribution >= 4 is 23.2 Å². The predicted molar refractivity (Wildman–Crippen MR) is 97.9 cm³/mol.